The third-order valence-electron chi connectivity index (χ3n) is 3.45. The fourth-order valence-corrected chi connectivity index (χ4v) is 2.82. The van der Waals surface area contributed by atoms with Crippen molar-refractivity contribution in [3.8, 4) is 11.5 Å². The van der Waals surface area contributed by atoms with Gasteiger partial charge in [-0.2, -0.15) is 8.78 Å². The SMILES string of the molecule is COc1ccc(CN(C)C(=O)c2cccnc2SC(F)F)c(OC)c1. The van der Waals surface area contributed by atoms with E-state index in [1.165, 1.54) is 24.3 Å². The molecule has 0 atom stereocenters. The molecule has 2 rings (SSSR count). The highest BCUT2D eigenvalue weighted by Crippen LogP contribution is 2.29. The second-order valence-electron chi connectivity index (χ2n) is 5.07. The van der Waals surface area contributed by atoms with Crippen LogP contribution in [-0.4, -0.2) is 42.8 Å². The van der Waals surface area contributed by atoms with Gasteiger partial charge in [-0.05, 0) is 36.0 Å². The molecule has 8 heteroatoms. The molecule has 2 aromatic rings. The summed E-state index contributed by atoms with van der Waals surface area (Å²) >= 11 is 0.257. The highest BCUT2D eigenvalue weighted by Gasteiger charge is 2.20. The number of rotatable bonds is 7. The van der Waals surface area contributed by atoms with Gasteiger partial charge in [0.1, 0.15) is 16.5 Å². The van der Waals surface area contributed by atoms with Gasteiger partial charge in [-0.1, -0.05) is 0 Å². The van der Waals surface area contributed by atoms with E-state index in [-0.39, 0.29) is 28.9 Å². The first-order chi connectivity index (χ1) is 12.0. The molecule has 0 radical (unpaired) electrons. The number of carbonyl (C=O) groups is 1. The maximum Gasteiger partial charge on any atom is 0.290 e. The van der Waals surface area contributed by atoms with Crippen LogP contribution in [0.1, 0.15) is 15.9 Å². The highest BCUT2D eigenvalue weighted by molar-refractivity contribution is 7.99. The lowest BCUT2D eigenvalue weighted by atomic mass is 10.1. The van der Waals surface area contributed by atoms with Gasteiger partial charge in [-0.25, -0.2) is 4.98 Å². The number of aromatic nitrogens is 1. The molecule has 1 aromatic carbocycles. The van der Waals surface area contributed by atoms with Crippen LogP contribution >= 0.6 is 11.8 Å². The number of carbonyl (C=O) groups excluding carboxylic acids is 1. The van der Waals surface area contributed by atoms with Crippen LogP contribution in [0.2, 0.25) is 0 Å². The van der Waals surface area contributed by atoms with Crippen molar-refractivity contribution >= 4 is 17.7 Å². The van der Waals surface area contributed by atoms with Crippen molar-refractivity contribution in [1.29, 1.82) is 0 Å². The van der Waals surface area contributed by atoms with Gasteiger partial charge in [0.2, 0.25) is 0 Å². The van der Waals surface area contributed by atoms with E-state index in [1.54, 1.807) is 38.4 Å². The van der Waals surface area contributed by atoms with E-state index >= 15 is 0 Å². The van der Waals surface area contributed by atoms with Crippen LogP contribution < -0.4 is 9.47 Å². The predicted octanol–water partition coefficient (Wildman–Crippen LogP) is 3.69. The van der Waals surface area contributed by atoms with Crippen LogP contribution in [0.25, 0.3) is 0 Å². The van der Waals surface area contributed by atoms with Crippen LogP contribution in [0, 0.1) is 0 Å². The van der Waals surface area contributed by atoms with Gasteiger partial charge in [0.15, 0.2) is 0 Å². The third kappa shape index (κ3) is 4.82. The molecular weight excluding hydrogens is 350 g/mol. The minimum Gasteiger partial charge on any atom is -0.497 e. The van der Waals surface area contributed by atoms with Crippen molar-refractivity contribution in [3.05, 3.63) is 47.7 Å². The van der Waals surface area contributed by atoms with E-state index in [0.29, 0.717) is 11.5 Å². The first kappa shape index (κ1) is 19.0. The minimum absolute atomic E-state index is 0.0102. The Bertz CT molecular complexity index is 744. The van der Waals surface area contributed by atoms with Gasteiger partial charge in [-0.3, -0.25) is 4.79 Å². The summed E-state index contributed by atoms with van der Waals surface area (Å²) in [6.07, 6.45) is 1.38. The third-order valence-corrected chi connectivity index (χ3v) is 4.18. The quantitative estimate of drug-likeness (QED) is 0.698. The Morgan fingerprint density at radius 1 is 1.28 bits per heavy atom. The summed E-state index contributed by atoms with van der Waals surface area (Å²) in [4.78, 5) is 17.9. The maximum absolute atomic E-state index is 12.7. The van der Waals surface area contributed by atoms with Crippen LogP contribution in [0.3, 0.4) is 0 Å². The Balaban J connectivity index is 2.21. The largest absolute Gasteiger partial charge is 0.497 e. The molecule has 0 saturated carbocycles. The Kier molecular flexibility index (Phi) is 6.58. The number of hydrogen-bond acceptors (Lipinski definition) is 5. The zero-order chi connectivity index (χ0) is 18.4. The zero-order valence-electron chi connectivity index (χ0n) is 14.0. The van der Waals surface area contributed by atoms with Crippen molar-refractivity contribution in [2.24, 2.45) is 0 Å². The molecule has 0 aliphatic carbocycles. The van der Waals surface area contributed by atoms with Crippen molar-refractivity contribution in [2.45, 2.75) is 17.3 Å². The number of ether oxygens (including phenoxy) is 2. The van der Waals surface area contributed by atoms with Gasteiger partial charge in [0.05, 0.1) is 19.8 Å². The second-order valence-corrected chi connectivity index (χ2v) is 6.05. The molecule has 0 spiro atoms. The predicted molar refractivity (Wildman–Crippen MR) is 91.4 cm³/mol. The Morgan fingerprint density at radius 3 is 2.68 bits per heavy atom. The molecule has 25 heavy (non-hydrogen) atoms. The second kappa shape index (κ2) is 8.66. The summed E-state index contributed by atoms with van der Waals surface area (Å²) in [5.41, 5.74) is 0.911. The van der Waals surface area contributed by atoms with E-state index in [4.69, 9.17) is 9.47 Å². The average Bonchev–Trinajstić information content (AvgIpc) is 2.61. The Morgan fingerprint density at radius 2 is 2.04 bits per heavy atom. The van der Waals surface area contributed by atoms with E-state index < -0.39 is 11.7 Å². The van der Waals surface area contributed by atoms with Gasteiger partial charge in [0.25, 0.3) is 11.7 Å². The molecule has 1 aromatic heterocycles. The molecule has 0 fully saturated rings. The topological polar surface area (TPSA) is 51.7 Å². The number of methoxy groups -OCH3 is 2. The monoisotopic (exact) mass is 368 g/mol. The smallest absolute Gasteiger partial charge is 0.290 e. The summed E-state index contributed by atoms with van der Waals surface area (Å²) in [5.74, 6) is -1.83. The molecule has 0 aliphatic rings. The number of benzene rings is 1. The van der Waals surface area contributed by atoms with Crippen molar-refractivity contribution < 1.29 is 23.0 Å². The fraction of sp³-hybridized carbons (Fsp3) is 0.294. The first-order valence-corrected chi connectivity index (χ1v) is 8.20. The summed E-state index contributed by atoms with van der Waals surface area (Å²) in [5, 5.41) is 0.0102. The number of pyridine rings is 1. The van der Waals surface area contributed by atoms with Gasteiger partial charge >= 0.3 is 0 Å². The number of nitrogens with zero attached hydrogens (tertiary/aromatic N) is 2. The van der Waals surface area contributed by atoms with Crippen LogP contribution in [0.5, 0.6) is 11.5 Å². The zero-order valence-corrected chi connectivity index (χ0v) is 14.8. The molecule has 134 valence electrons. The average molecular weight is 368 g/mol. The van der Waals surface area contributed by atoms with Gasteiger partial charge < -0.3 is 14.4 Å². The fourth-order valence-electron chi connectivity index (χ4n) is 2.25. The molecule has 1 amide bonds. The number of halogens is 2. The minimum atomic E-state index is -2.64. The lowest BCUT2D eigenvalue weighted by Gasteiger charge is -2.20. The Hall–Kier alpha value is -2.35. The molecule has 1 heterocycles. The summed E-state index contributed by atoms with van der Waals surface area (Å²) in [6.45, 7) is 0.250. The standard InChI is InChI=1S/C17H18F2N2O3S/c1-21(10-11-6-7-12(23-2)9-14(11)24-3)16(22)13-5-4-8-20-15(13)25-17(18)19/h4-9,17H,10H2,1-3H3. The molecule has 0 aliphatic heterocycles. The lowest BCUT2D eigenvalue weighted by molar-refractivity contribution is 0.0780. The van der Waals surface area contributed by atoms with E-state index in [9.17, 15) is 13.6 Å². The van der Waals surface area contributed by atoms with Crippen molar-refractivity contribution in [2.75, 3.05) is 21.3 Å². The molecule has 5 nitrogen and oxygen atoms in total. The normalized spacial score (nSPS) is 10.6. The molecule has 0 saturated heterocycles. The molecular formula is C17H18F2N2O3S. The van der Waals surface area contributed by atoms with E-state index in [0.717, 1.165) is 5.56 Å². The highest BCUT2D eigenvalue weighted by atomic mass is 32.2. The summed E-state index contributed by atoms with van der Waals surface area (Å²) < 4.78 is 35.8. The number of thioether (sulfide) groups is 1. The van der Waals surface area contributed by atoms with E-state index in [1.807, 2.05) is 0 Å². The lowest BCUT2D eigenvalue weighted by Crippen LogP contribution is -2.27. The molecule has 0 bridgehead atoms. The number of alkyl halides is 2. The molecule has 0 unspecified atom stereocenters. The molecule has 0 N–H and O–H groups in total. The summed E-state index contributed by atoms with van der Waals surface area (Å²) in [7, 11) is 4.67. The maximum atomic E-state index is 12.7. The van der Waals surface area contributed by atoms with Crippen LogP contribution in [0.15, 0.2) is 41.6 Å². The van der Waals surface area contributed by atoms with Crippen molar-refractivity contribution in [3.63, 3.8) is 0 Å². The van der Waals surface area contributed by atoms with Gasteiger partial charge in [0, 0.05) is 31.4 Å². The summed E-state index contributed by atoms with van der Waals surface area (Å²) in [6, 6.07) is 8.31. The van der Waals surface area contributed by atoms with E-state index in [2.05, 4.69) is 4.98 Å². The van der Waals surface area contributed by atoms with Crippen molar-refractivity contribution in [1.82, 2.24) is 9.88 Å². The number of hydrogen-bond donors (Lipinski definition) is 0. The Labute approximate surface area is 149 Å². The van der Waals surface area contributed by atoms with Crippen LogP contribution in [0.4, 0.5) is 8.78 Å². The number of amides is 1. The first-order valence-electron chi connectivity index (χ1n) is 7.32. The van der Waals surface area contributed by atoms with Gasteiger partial charge in [-0.15, -0.1) is 0 Å². The van der Waals surface area contributed by atoms with Crippen LogP contribution in [-0.2, 0) is 6.54 Å².